The van der Waals surface area contributed by atoms with Gasteiger partial charge in [-0.05, 0) is 74.3 Å². The number of nitrogens with two attached hydrogens (primary N) is 1. The average molecular weight is 728 g/mol. The standard InChI is InChI=1S/C41H61NO10/c1-20-10-26-6-7-31-21(2)11-27(46-31)8-9-41-17-35-38(52-41)40(5)39(49-35)37(51-41)30-15-28(45-19-36(30)50-40)12-24(43)13-29-23(4)32(14-25(44)18-42)48-34(29)16-33(47-26)22(20)3/h20,23,25-39,44H,2-3,6-19,42H2,1,4-5H3/t20-,23-,25+,26+,27?,28?,29-,30+,31+,32-,33-,34?,35-,36+,37+,38?,39+,40+,41-/m1/s1. The molecule has 0 aromatic heterocycles. The molecule has 10 aliphatic rings. The van der Waals surface area contributed by atoms with E-state index in [1.807, 2.05) is 0 Å². The van der Waals surface area contributed by atoms with Crippen LogP contribution in [0.5, 0.6) is 0 Å². The molecule has 10 fully saturated rings. The van der Waals surface area contributed by atoms with E-state index in [0.29, 0.717) is 51.0 Å². The molecule has 1 spiro atoms. The van der Waals surface area contributed by atoms with Crippen LogP contribution < -0.4 is 5.73 Å². The molecule has 0 aromatic rings. The molecule has 0 radical (unpaired) electrons. The van der Waals surface area contributed by atoms with Gasteiger partial charge in [0.15, 0.2) is 5.79 Å². The molecule has 10 heterocycles. The van der Waals surface area contributed by atoms with Gasteiger partial charge in [-0.25, -0.2) is 0 Å². The second kappa shape index (κ2) is 13.7. The van der Waals surface area contributed by atoms with Crippen molar-refractivity contribution >= 4 is 5.78 Å². The Labute approximate surface area is 308 Å². The van der Waals surface area contributed by atoms with Gasteiger partial charge in [-0.3, -0.25) is 4.79 Å². The highest BCUT2D eigenvalue weighted by atomic mass is 16.8. The highest BCUT2D eigenvalue weighted by Crippen LogP contribution is 2.59. The van der Waals surface area contributed by atoms with E-state index in [-0.39, 0.29) is 103 Å². The molecule has 0 aromatic carbocycles. The van der Waals surface area contributed by atoms with Crippen molar-refractivity contribution in [2.45, 2.75) is 189 Å². The van der Waals surface area contributed by atoms with Crippen molar-refractivity contribution in [2.75, 3.05) is 13.2 Å². The summed E-state index contributed by atoms with van der Waals surface area (Å²) >= 11 is 0. The number of ether oxygens (including phenoxy) is 8. The third-order valence-corrected chi connectivity index (χ3v) is 14.8. The summed E-state index contributed by atoms with van der Waals surface area (Å²) in [5.74, 6) is -0.193. The van der Waals surface area contributed by atoms with E-state index in [1.54, 1.807) is 0 Å². The maximum atomic E-state index is 14.0. The minimum Gasteiger partial charge on any atom is -0.392 e. The van der Waals surface area contributed by atoms with Crippen LogP contribution in [0.4, 0.5) is 0 Å². The van der Waals surface area contributed by atoms with E-state index in [9.17, 15) is 9.90 Å². The van der Waals surface area contributed by atoms with Crippen LogP contribution in [0.25, 0.3) is 0 Å². The predicted octanol–water partition coefficient (Wildman–Crippen LogP) is 4.31. The molecule has 11 nitrogen and oxygen atoms in total. The molecule has 19 atom stereocenters. The summed E-state index contributed by atoms with van der Waals surface area (Å²) in [6.45, 7) is 16.0. The Morgan fingerprint density at radius 2 is 1.67 bits per heavy atom. The number of ketones is 1. The zero-order chi connectivity index (χ0) is 36.1. The third kappa shape index (κ3) is 6.31. The Morgan fingerprint density at radius 1 is 0.846 bits per heavy atom. The lowest BCUT2D eigenvalue weighted by Gasteiger charge is -2.51. The van der Waals surface area contributed by atoms with Crippen molar-refractivity contribution in [2.24, 2.45) is 29.4 Å². The van der Waals surface area contributed by atoms with Crippen LogP contribution in [0.15, 0.2) is 24.3 Å². The van der Waals surface area contributed by atoms with Gasteiger partial charge in [0.05, 0.1) is 73.8 Å². The van der Waals surface area contributed by atoms with Crippen molar-refractivity contribution in [3.8, 4) is 0 Å². The van der Waals surface area contributed by atoms with Crippen molar-refractivity contribution in [1.82, 2.24) is 0 Å². The first-order valence-corrected chi connectivity index (χ1v) is 20.4. The highest BCUT2D eigenvalue weighted by Gasteiger charge is 2.73. The molecule has 0 amide bonds. The Hall–Kier alpha value is -1.25. The van der Waals surface area contributed by atoms with Gasteiger partial charge in [0.1, 0.15) is 23.6 Å². The summed E-state index contributed by atoms with van der Waals surface area (Å²) < 4.78 is 54.3. The lowest BCUT2D eigenvalue weighted by atomic mass is 9.74. The van der Waals surface area contributed by atoms with E-state index in [4.69, 9.17) is 43.6 Å². The summed E-state index contributed by atoms with van der Waals surface area (Å²) in [5, 5.41) is 10.5. The Balaban J connectivity index is 0.995. The van der Waals surface area contributed by atoms with Crippen LogP contribution in [0, 0.1) is 23.7 Å². The molecule has 12 bridgehead atoms. The number of rotatable bonds is 3. The maximum absolute atomic E-state index is 14.0. The lowest BCUT2D eigenvalue weighted by molar-refractivity contribution is -0.283. The molecule has 0 saturated carbocycles. The van der Waals surface area contributed by atoms with Gasteiger partial charge in [-0.1, -0.05) is 27.0 Å². The number of Topliss-reactive ketones (excluding diaryl/α,β-unsaturated/α-hetero) is 1. The van der Waals surface area contributed by atoms with Crippen molar-refractivity contribution in [1.29, 1.82) is 0 Å². The number of aliphatic hydroxyl groups excluding tert-OH is 1. The molecule has 11 heteroatoms. The zero-order valence-corrected chi connectivity index (χ0v) is 31.3. The predicted molar refractivity (Wildman–Crippen MR) is 189 cm³/mol. The van der Waals surface area contributed by atoms with Gasteiger partial charge < -0.3 is 48.7 Å². The van der Waals surface area contributed by atoms with Crippen LogP contribution in [0.2, 0.25) is 0 Å². The first kappa shape index (κ1) is 36.4. The normalized spacial score (nSPS) is 53.8. The van der Waals surface area contributed by atoms with E-state index >= 15 is 0 Å². The molecule has 10 saturated heterocycles. The quantitative estimate of drug-likeness (QED) is 0.403. The molecular weight excluding hydrogens is 666 g/mol. The fourth-order valence-electron chi connectivity index (χ4n) is 11.8. The van der Waals surface area contributed by atoms with Crippen LogP contribution >= 0.6 is 0 Å². The number of carbonyl (C=O) groups excluding carboxylic acids is 1. The largest absolute Gasteiger partial charge is 0.392 e. The van der Waals surface area contributed by atoms with Gasteiger partial charge in [0.2, 0.25) is 0 Å². The fourth-order valence-corrected chi connectivity index (χ4v) is 11.8. The average Bonchev–Trinajstić information content (AvgIpc) is 3.76. The number of fused-ring (bicyclic) bond motifs is 6. The summed E-state index contributed by atoms with van der Waals surface area (Å²) in [6.07, 6.45) is 6.04. The monoisotopic (exact) mass is 727 g/mol. The molecule has 290 valence electrons. The summed E-state index contributed by atoms with van der Waals surface area (Å²) in [5.41, 5.74) is 7.46. The van der Waals surface area contributed by atoms with Gasteiger partial charge in [-0.2, -0.15) is 0 Å². The van der Waals surface area contributed by atoms with Crippen molar-refractivity contribution < 1.29 is 47.8 Å². The topological polar surface area (TPSA) is 137 Å². The van der Waals surface area contributed by atoms with Crippen LogP contribution in [-0.4, -0.2) is 115 Å². The molecule has 10 rings (SSSR count). The second-order valence-corrected chi connectivity index (χ2v) is 18.3. The molecule has 4 unspecified atom stereocenters. The summed E-state index contributed by atoms with van der Waals surface area (Å²) in [6, 6.07) is 0. The highest BCUT2D eigenvalue weighted by molar-refractivity contribution is 5.79. The summed E-state index contributed by atoms with van der Waals surface area (Å²) in [4.78, 5) is 14.0. The van der Waals surface area contributed by atoms with Gasteiger partial charge in [0.25, 0.3) is 0 Å². The number of carbonyl (C=O) groups is 1. The molecule has 52 heavy (non-hydrogen) atoms. The van der Waals surface area contributed by atoms with Crippen molar-refractivity contribution in [3.63, 3.8) is 0 Å². The first-order valence-electron chi connectivity index (χ1n) is 20.4. The minimum absolute atomic E-state index is 0.00174. The SMILES string of the molecule is C=C1CC2CC[C@@]34C[C@H]5O[C@H]6[C@@H](O3)[C@H]3CC(CC(=O)C[C@H]7C(C[C@H]8O[C@@H](CC[C@@H]1O2)C[C@@H](C)C8=C)O[C@H](C[C@H](O)CN)[C@@H]7C)OC[C@@H]3O[C@@]6(C)C5O4. The van der Waals surface area contributed by atoms with Crippen molar-refractivity contribution in [3.05, 3.63) is 24.3 Å². The zero-order valence-electron chi connectivity index (χ0n) is 31.3. The third-order valence-electron chi connectivity index (χ3n) is 14.8. The van der Waals surface area contributed by atoms with E-state index < -0.39 is 17.5 Å². The van der Waals surface area contributed by atoms with Gasteiger partial charge in [-0.15, -0.1) is 0 Å². The Bertz CT molecular complexity index is 1410. The second-order valence-electron chi connectivity index (χ2n) is 18.3. The smallest absolute Gasteiger partial charge is 0.172 e. The van der Waals surface area contributed by atoms with Gasteiger partial charge >= 0.3 is 0 Å². The molecule has 0 aliphatic carbocycles. The van der Waals surface area contributed by atoms with E-state index in [1.165, 1.54) is 0 Å². The van der Waals surface area contributed by atoms with Gasteiger partial charge in [0, 0.05) is 51.0 Å². The van der Waals surface area contributed by atoms with Crippen LogP contribution in [-0.2, 0) is 42.7 Å². The number of hydrogen-bond acceptors (Lipinski definition) is 11. The van der Waals surface area contributed by atoms with Crippen LogP contribution in [0.1, 0.15) is 97.8 Å². The first-order chi connectivity index (χ1) is 24.9. The molecule has 10 aliphatic heterocycles. The fraction of sp³-hybridized carbons (Fsp3) is 0.878. The van der Waals surface area contributed by atoms with E-state index in [2.05, 4.69) is 33.9 Å². The number of aliphatic hydroxyl groups is 1. The Morgan fingerprint density at radius 3 is 2.50 bits per heavy atom. The molecule has 3 N–H and O–H groups in total. The Kier molecular flexibility index (Phi) is 9.62. The van der Waals surface area contributed by atoms with E-state index in [0.717, 1.165) is 49.7 Å². The lowest BCUT2D eigenvalue weighted by Crippen LogP contribution is -2.64. The summed E-state index contributed by atoms with van der Waals surface area (Å²) in [7, 11) is 0. The maximum Gasteiger partial charge on any atom is 0.172 e. The minimum atomic E-state index is -0.751. The molecular formula is C41H61NO10. The number of hydrogen-bond donors (Lipinski definition) is 2. The van der Waals surface area contributed by atoms with Crippen LogP contribution in [0.3, 0.4) is 0 Å².